The molecule has 5 nitrogen and oxygen atoms in total. The summed E-state index contributed by atoms with van der Waals surface area (Å²) in [7, 11) is -3.29. The van der Waals surface area contributed by atoms with Crippen molar-refractivity contribution >= 4 is 21.6 Å². The molecular formula is C13H21ClN2O3S. The van der Waals surface area contributed by atoms with E-state index in [9.17, 15) is 8.42 Å². The van der Waals surface area contributed by atoms with E-state index in [4.69, 9.17) is 16.3 Å². The summed E-state index contributed by atoms with van der Waals surface area (Å²) in [6, 6.07) is 3.55. The van der Waals surface area contributed by atoms with Gasteiger partial charge in [-0.3, -0.25) is 0 Å². The normalized spacial score (nSPS) is 11.8. The predicted octanol–water partition coefficient (Wildman–Crippen LogP) is 2.31. The molecule has 114 valence electrons. The molecule has 1 aromatic rings. The number of nitrogens with zero attached hydrogens (tertiary/aromatic N) is 1. The number of unbranched alkanes of at least 4 members (excludes halogenated alkanes) is 1. The van der Waals surface area contributed by atoms with E-state index in [0.717, 1.165) is 5.56 Å². The Labute approximate surface area is 125 Å². The highest BCUT2D eigenvalue weighted by Crippen LogP contribution is 2.15. The number of sulfonamides is 1. The Hall–Kier alpha value is -0.850. The predicted molar refractivity (Wildman–Crippen MR) is 80.6 cm³/mol. The minimum absolute atomic E-state index is 0.0102. The second-order valence-electron chi connectivity index (χ2n) is 4.67. The van der Waals surface area contributed by atoms with Crippen LogP contribution in [0.1, 0.15) is 32.3 Å². The quantitative estimate of drug-likeness (QED) is 0.560. The average molecular weight is 321 g/mol. The molecule has 1 heterocycles. The molecule has 0 amide bonds. The Kier molecular flexibility index (Phi) is 7.26. The molecule has 0 aliphatic rings. The van der Waals surface area contributed by atoms with Crippen molar-refractivity contribution in [1.29, 1.82) is 0 Å². The monoisotopic (exact) mass is 320 g/mol. The van der Waals surface area contributed by atoms with Crippen LogP contribution in [-0.4, -0.2) is 31.1 Å². The molecule has 0 aliphatic carbocycles. The molecule has 7 heteroatoms. The maximum Gasteiger partial charge on any atom is 0.218 e. The van der Waals surface area contributed by atoms with E-state index in [-0.39, 0.29) is 18.4 Å². The third kappa shape index (κ3) is 6.54. The summed E-state index contributed by atoms with van der Waals surface area (Å²) < 4.78 is 31.7. The van der Waals surface area contributed by atoms with E-state index in [1.807, 2.05) is 13.8 Å². The van der Waals surface area contributed by atoms with Gasteiger partial charge in [-0.05, 0) is 32.8 Å². The van der Waals surface area contributed by atoms with E-state index < -0.39 is 10.0 Å². The number of hydrogen-bond donors (Lipinski definition) is 1. The first-order valence-electron chi connectivity index (χ1n) is 6.58. The summed E-state index contributed by atoms with van der Waals surface area (Å²) in [6.07, 6.45) is 2.86. The molecule has 0 saturated carbocycles. The van der Waals surface area contributed by atoms with Crippen LogP contribution in [0.25, 0.3) is 0 Å². The second-order valence-corrected chi connectivity index (χ2v) is 6.97. The Bertz CT molecular complexity index is 506. The van der Waals surface area contributed by atoms with Crippen LogP contribution in [0.5, 0.6) is 5.88 Å². The van der Waals surface area contributed by atoms with Crippen LogP contribution in [0, 0.1) is 0 Å². The fourth-order valence-electron chi connectivity index (χ4n) is 1.53. The van der Waals surface area contributed by atoms with Crippen molar-refractivity contribution in [3.63, 3.8) is 0 Å². The van der Waals surface area contributed by atoms with Gasteiger partial charge >= 0.3 is 0 Å². The highest BCUT2D eigenvalue weighted by molar-refractivity contribution is 7.89. The Balaban J connectivity index is 2.60. The summed E-state index contributed by atoms with van der Waals surface area (Å²) >= 11 is 5.53. The van der Waals surface area contributed by atoms with Crippen LogP contribution >= 0.6 is 11.6 Å². The zero-order valence-corrected chi connectivity index (χ0v) is 13.4. The van der Waals surface area contributed by atoms with Gasteiger partial charge in [-0.2, -0.15) is 0 Å². The van der Waals surface area contributed by atoms with Crippen molar-refractivity contribution in [3.8, 4) is 5.88 Å². The molecule has 0 aromatic carbocycles. The summed E-state index contributed by atoms with van der Waals surface area (Å²) in [6.45, 7) is 3.97. The van der Waals surface area contributed by atoms with Crippen molar-refractivity contribution in [3.05, 3.63) is 23.9 Å². The van der Waals surface area contributed by atoms with Gasteiger partial charge in [0.1, 0.15) is 0 Å². The van der Waals surface area contributed by atoms with Crippen molar-refractivity contribution in [2.24, 2.45) is 0 Å². The molecule has 0 bridgehead atoms. The van der Waals surface area contributed by atoms with Gasteiger partial charge in [-0.1, -0.05) is 6.07 Å². The number of hydrogen-bond acceptors (Lipinski definition) is 4. The number of halogens is 1. The fourth-order valence-corrected chi connectivity index (χ4v) is 2.83. The van der Waals surface area contributed by atoms with E-state index in [1.54, 1.807) is 18.3 Å². The first kappa shape index (κ1) is 17.2. The smallest absolute Gasteiger partial charge is 0.218 e. The van der Waals surface area contributed by atoms with Crippen LogP contribution in [0.3, 0.4) is 0 Å². The minimum Gasteiger partial charge on any atom is -0.475 e. The molecule has 0 saturated heterocycles. The van der Waals surface area contributed by atoms with Crippen LogP contribution in [0.2, 0.25) is 0 Å². The number of nitrogens with one attached hydrogen (secondary N) is 1. The van der Waals surface area contributed by atoms with Crippen molar-refractivity contribution in [2.45, 2.75) is 39.3 Å². The lowest BCUT2D eigenvalue weighted by atomic mass is 10.3. The van der Waals surface area contributed by atoms with Crippen molar-refractivity contribution in [2.75, 3.05) is 11.6 Å². The zero-order chi connectivity index (χ0) is 15.0. The van der Waals surface area contributed by atoms with Crippen molar-refractivity contribution < 1.29 is 13.2 Å². The van der Waals surface area contributed by atoms with E-state index in [1.165, 1.54) is 0 Å². The number of rotatable bonds is 9. The molecule has 20 heavy (non-hydrogen) atoms. The molecule has 1 rings (SSSR count). The Morgan fingerprint density at radius 1 is 1.40 bits per heavy atom. The van der Waals surface area contributed by atoms with Gasteiger partial charge in [0.25, 0.3) is 0 Å². The standard InChI is InChI=1S/C13H21ClN2O3S/c1-11(2)19-13-12(6-5-8-15-13)10-16-20(17,18)9-4-3-7-14/h5-6,8,11,16H,3-4,7,9-10H2,1-2H3. The third-order valence-electron chi connectivity index (χ3n) is 2.48. The van der Waals surface area contributed by atoms with Gasteiger partial charge in [0.15, 0.2) is 0 Å². The molecule has 1 N–H and O–H groups in total. The number of aromatic nitrogens is 1. The maximum atomic E-state index is 11.8. The molecule has 0 fully saturated rings. The second kappa shape index (κ2) is 8.44. The summed E-state index contributed by atoms with van der Waals surface area (Å²) in [5, 5.41) is 0. The molecule has 0 radical (unpaired) electrons. The lowest BCUT2D eigenvalue weighted by molar-refractivity contribution is 0.230. The highest BCUT2D eigenvalue weighted by Gasteiger charge is 2.12. The third-order valence-corrected chi connectivity index (χ3v) is 4.15. The van der Waals surface area contributed by atoms with E-state index in [2.05, 4.69) is 9.71 Å². The highest BCUT2D eigenvalue weighted by atomic mass is 35.5. The lowest BCUT2D eigenvalue weighted by Crippen LogP contribution is -2.26. The fraction of sp³-hybridized carbons (Fsp3) is 0.615. The summed E-state index contributed by atoms with van der Waals surface area (Å²) in [4.78, 5) is 4.12. The molecule has 0 atom stereocenters. The topological polar surface area (TPSA) is 68.3 Å². The van der Waals surface area contributed by atoms with Gasteiger partial charge in [-0.15, -0.1) is 11.6 Å². The largest absolute Gasteiger partial charge is 0.475 e. The summed E-state index contributed by atoms with van der Waals surface area (Å²) in [5.74, 6) is 1.02. The Morgan fingerprint density at radius 2 is 2.15 bits per heavy atom. The first-order chi connectivity index (χ1) is 9.44. The lowest BCUT2D eigenvalue weighted by Gasteiger charge is -2.13. The van der Waals surface area contributed by atoms with Crippen LogP contribution in [-0.2, 0) is 16.6 Å². The van der Waals surface area contributed by atoms with Gasteiger partial charge in [0.05, 0.1) is 11.9 Å². The van der Waals surface area contributed by atoms with E-state index >= 15 is 0 Å². The SMILES string of the molecule is CC(C)Oc1ncccc1CNS(=O)(=O)CCCCCl. The van der Waals surface area contributed by atoms with Crippen molar-refractivity contribution in [1.82, 2.24) is 9.71 Å². The van der Waals surface area contributed by atoms with E-state index in [0.29, 0.717) is 24.6 Å². The summed E-state index contributed by atoms with van der Waals surface area (Å²) in [5.41, 5.74) is 0.724. The van der Waals surface area contributed by atoms with Crippen LogP contribution in [0.15, 0.2) is 18.3 Å². The minimum atomic E-state index is -3.29. The molecular weight excluding hydrogens is 300 g/mol. The molecule has 0 aliphatic heterocycles. The first-order valence-corrected chi connectivity index (χ1v) is 8.77. The molecule has 1 aromatic heterocycles. The Morgan fingerprint density at radius 3 is 2.80 bits per heavy atom. The molecule has 0 unspecified atom stereocenters. The average Bonchev–Trinajstić information content (AvgIpc) is 2.37. The van der Waals surface area contributed by atoms with Crippen LogP contribution < -0.4 is 9.46 Å². The molecule has 0 spiro atoms. The zero-order valence-electron chi connectivity index (χ0n) is 11.8. The van der Waals surface area contributed by atoms with Crippen LogP contribution in [0.4, 0.5) is 0 Å². The van der Waals surface area contributed by atoms with Gasteiger partial charge in [0.2, 0.25) is 15.9 Å². The van der Waals surface area contributed by atoms with Gasteiger partial charge in [0, 0.05) is 24.2 Å². The number of ether oxygens (including phenoxy) is 1. The number of pyridine rings is 1. The number of alkyl halides is 1. The van der Waals surface area contributed by atoms with Gasteiger partial charge < -0.3 is 4.74 Å². The van der Waals surface area contributed by atoms with Gasteiger partial charge in [-0.25, -0.2) is 18.1 Å². The maximum absolute atomic E-state index is 11.8.